The molecule has 0 saturated carbocycles. The molecule has 0 bridgehead atoms. The highest BCUT2D eigenvalue weighted by Crippen LogP contribution is 2.37. The molecule has 296 valence electrons. The van der Waals surface area contributed by atoms with Crippen molar-refractivity contribution in [2.75, 3.05) is 24.3 Å². The van der Waals surface area contributed by atoms with E-state index >= 15 is 0 Å². The number of unbranched alkanes of at least 4 members (excludes halogenated alkanes) is 2. The van der Waals surface area contributed by atoms with Gasteiger partial charge in [0, 0.05) is 48.5 Å². The number of phenols is 2. The molecule has 57 heavy (non-hydrogen) atoms. The van der Waals surface area contributed by atoms with Crippen LogP contribution >= 0.6 is 11.6 Å². The number of carbonyl (C=O) groups excluding carboxylic acids is 5. The first-order valence-corrected chi connectivity index (χ1v) is 19.6. The molecular weight excluding hydrogens is 748 g/mol. The van der Waals surface area contributed by atoms with Gasteiger partial charge in [-0.05, 0) is 102 Å². The number of fused-ring (bicyclic) bond motifs is 1. The molecule has 2 aliphatic heterocycles. The van der Waals surface area contributed by atoms with Gasteiger partial charge in [-0.25, -0.2) is 0 Å². The molecule has 1 unspecified atom stereocenters. The monoisotopic (exact) mass is 792 g/mol. The van der Waals surface area contributed by atoms with Crippen molar-refractivity contribution in [1.82, 2.24) is 15.5 Å². The molecule has 0 aliphatic carbocycles. The summed E-state index contributed by atoms with van der Waals surface area (Å²) < 4.78 is 5.91. The van der Waals surface area contributed by atoms with Crippen molar-refractivity contribution in [3.05, 3.63) is 119 Å². The number of carbonyl (C=O) groups is 5. The van der Waals surface area contributed by atoms with Crippen molar-refractivity contribution in [3.63, 3.8) is 0 Å². The summed E-state index contributed by atoms with van der Waals surface area (Å²) in [6, 6.07) is 26.0. The molecule has 4 aromatic rings. The maximum Gasteiger partial charge on any atom is 0.255 e. The predicted molar refractivity (Wildman–Crippen MR) is 217 cm³/mol. The molecule has 12 nitrogen and oxygen atoms in total. The first kappa shape index (κ1) is 40.5. The summed E-state index contributed by atoms with van der Waals surface area (Å²) >= 11 is 6.25. The van der Waals surface area contributed by atoms with Crippen LogP contribution in [-0.2, 0) is 25.7 Å². The lowest BCUT2D eigenvalue weighted by molar-refractivity contribution is -0.137. The Balaban J connectivity index is 0.923. The Hall–Kier alpha value is -6.14. The highest BCUT2D eigenvalue weighted by molar-refractivity contribution is 6.18. The zero-order valence-electron chi connectivity index (χ0n) is 31.4. The van der Waals surface area contributed by atoms with Crippen LogP contribution in [0, 0.1) is 0 Å². The minimum absolute atomic E-state index is 0.104. The predicted octanol–water partition coefficient (Wildman–Crippen LogP) is 6.53. The van der Waals surface area contributed by atoms with Crippen LogP contribution in [0.25, 0.3) is 11.1 Å². The van der Waals surface area contributed by atoms with Crippen LogP contribution in [0.15, 0.2) is 91.0 Å². The van der Waals surface area contributed by atoms with Crippen molar-refractivity contribution in [2.45, 2.75) is 64.0 Å². The van der Waals surface area contributed by atoms with Gasteiger partial charge in [-0.1, -0.05) is 48.9 Å². The Morgan fingerprint density at radius 1 is 0.789 bits per heavy atom. The van der Waals surface area contributed by atoms with Crippen molar-refractivity contribution < 1.29 is 38.9 Å². The average Bonchev–Trinajstić information content (AvgIpc) is 3.54. The molecule has 1 fully saturated rings. The normalized spacial score (nSPS) is 15.4. The van der Waals surface area contributed by atoms with Crippen molar-refractivity contribution in [1.29, 1.82) is 0 Å². The first-order chi connectivity index (χ1) is 27.6. The molecule has 1 saturated heterocycles. The first-order valence-electron chi connectivity index (χ1n) is 19.1. The van der Waals surface area contributed by atoms with E-state index in [2.05, 4.69) is 16.0 Å². The summed E-state index contributed by atoms with van der Waals surface area (Å²) in [7, 11) is 0. The number of amides is 5. The Morgan fingerprint density at radius 2 is 1.42 bits per heavy atom. The number of anilines is 1. The number of benzene rings is 4. The Labute approximate surface area is 335 Å². The van der Waals surface area contributed by atoms with E-state index in [4.69, 9.17) is 16.3 Å². The van der Waals surface area contributed by atoms with Crippen molar-refractivity contribution in [3.8, 4) is 17.2 Å². The molecule has 1 atom stereocenters. The van der Waals surface area contributed by atoms with Gasteiger partial charge in [0.05, 0.1) is 6.54 Å². The summed E-state index contributed by atoms with van der Waals surface area (Å²) in [6.45, 7) is 0.771. The molecule has 0 aromatic heterocycles. The minimum atomic E-state index is -0.732. The minimum Gasteiger partial charge on any atom is -0.508 e. The molecule has 0 spiro atoms. The van der Waals surface area contributed by atoms with Gasteiger partial charge in [-0.15, -0.1) is 11.6 Å². The number of alkyl halides is 1. The number of imide groups is 1. The highest BCUT2D eigenvalue weighted by atomic mass is 35.5. The lowest BCUT2D eigenvalue weighted by Gasteiger charge is -2.29. The molecule has 0 radical (unpaired) electrons. The SMILES string of the molecule is O=C(CCCCCC(=O)Nc1cccc2c1CN(C1CCC(=O)NC1=O)C2=O)NCCOc1ccc(C(=C(CCCl)c2ccc(O)cc2)c2ccc(O)cc2)cc1. The van der Waals surface area contributed by atoms with E-state index in [0.717, 1.165) is 27.8 Å². The van der Waals surface area contributed by atoms with E-state index in [0.29, 0.717) is 67.1 Å². The quantitative estimate of drug-likeness (QED) is 0.0347. The number of allylic oxidation sites excluding steroid dienone is 1. The van der Waals surface area contributed by atoms with Gasteiger partial charge in [0.2, 0.25) is 23.6 Å². The topological polar surface area (TPSA) is 174 Å². The summed E-state index contributed by atoms with van der Waals surface area (Å²) in [4.78, 5) is 63.7. The van der Waals surface area contributed by atoms with E-state index in [1.54, 1.807) is 42.5 Å². The van der Waals surface area contributed by atoms with E-state index in [1.165, 1.54) is 4.90 Å². The smallest absolute Gasteiger partial charge is 0.255 e. The van der Waals surface area contributed by atoms with Gasteiger partial charge in [-0.2, -0.15) is 0 Å². The van der Waals surface area contributed by atoms with E-state index in [-0.39, 0.29) is 67.5 Å². The second-order valence-electron chi connectivity index (χ2n) is 13.9. The largest absolute Gasteiger partial charge is 0.508 e. The van der Waals surface area contributed by atoms with Gasteiger partial charge >= 0.3 is 0 Å². The summed E-state index contributed by atoms with van der Waals surface area (Å²) in [6.07, 6.45) is 3.45. The van der Waals surface area contributed by atoms with Gasteiger partial charge < -0.3 is 30.5 Å². The number of halogens is 1. The molecule has 6 rings (SSSR count). The molecular formula is C44H45ClN4O8. The van der Waals surface area contributed by atoms with Crippen LogP contribution in [-0.4, -0.2) is 69.7 Å². The fourth-order valence-electron chi connectivity index (χ4n) is 7.14. The Morgan fingerprint density at radius 3 is 2.07 bits per heavy atom. The molecule has 2 heterocycles. The third-order valence-electron chi connectivity index (χ3n) is 10.0. The Kier molecular flexibility index (Phi) is 13.6. The number of hydrogen-bond donors (Lipinski definition) is 5. The maximum absolute atomic E-state index is 13.1. The molecule has 4 aromatic carbocycles. The average molecular weight is 793 g/mol. The summed E-state index contributed by atoms with van der Waals surface area (Å²) in [5, 5.41) is 27.9. The van der Waals surface area contributed by atoms with E-state index in [9.17, 15) is 34.2 Å². The van der Waals surface area contributed by atoms with Crippen LogP contribution in [0.2, 0.25) is 0 Å². The number of rotatable bonds is 17. The number of hydrogen-bond acceptors (Lipinski definition) is 8. The fourth-order valence-corrected chi connectivity index (χ4v) is 7.33. The second kappa shape index (κ2) is 19.1. The third kappa shape index (κ3) is 10.4. The number of nitrogens with zero attached hydrogens (tertiary/aromatic N) is 1. The van der Waals surface area contributed by atoms with Gasteiger partial charge in [-0.3, -0.25) is 29.3 Å². The van der Waals surface area contributed by atoms with Gasteiger partial charge in [0.25, 0.3) is 5.91 Å². The van der Waals surface area contributed by atoms with Gasteiger partial charge in [0.1, 0.15) is 29.9 Å². The van der Waals surface area contributed by atoms with Crippen LogP contribution in [0.4, 0.5) is 5.69 Å². The lowest BCUT2D eigenvalue weighted by Crippen LogP contribution is -2.52. The molecule has 2 aliphatic rings. The lowest BCUT2D eigenvalue weighted by atomic mass is 9.88. The third-order valence-corrected chi connectivity index (χ3v) is 10.2. The molecule has 5 amide bonds. The van der Waals surface area contributed by atoms with E-state index < -0.39 is 11.9 Å². The van der Waals surface area contributed by atoms with Gasteiger partial charge in [0.15, 0.2) is 0 Å². The zero-order valence-corrected chi connectivity index (χ0v) is 32.1. The van der Waals surface area contributed by atoms with Crippen LogP contribution in [0.1, 0.15) is 84.0 Å². The van der Waals surface area contributed by atoms with E-state index in [1.807, 2.05) is 48.5 Å². The maximum atomic E-state index is 13.1. The number of phenolic OH excluding ortho intramolecular Hbond substituents is 2. The van der Waals surface area contributed by atoms with Crippen LogP contribution in [0.3, 0.4) is 0 Å². The fraction of sp³-hybridized carbons (Fsp3) is 0.295. The zero-order chi connectivity index (χ0) is 40.3. The summed E-state index contributed by atoms with van der Waals surface area (Å²) in [5.74, 6) is -0.0871. The Bertz CT molecular complexity index is 2140. The molecule has 5 N–H and O–H groups in total. The second-order valence-corrected chi connectivity index (χ2v) is 14.3. The number of nitrogens with one attached hydrogen (secondary N) is 3. The molecule has 13 heteroatoms. The van der Waals surface area contributed by atoms with Crippen LogP contribution < -0.4 is 20.7 Å². The number of piperidine rings is 1. The summed E-state index contributed by atoms with van der Waals surface area (Å²) in [5.41, 5.74) is 6.28. The number of aromatic hydroxyl groups is 2. The number of ether oxygens (including phenoxy) is 1. The van der Waals surface area contributed by atoms with Crippen molar-refractivity contribution in [2.24, 2.45) is 0 Å². The highest BCUT2D eigenvalue weighted by Gasteiger charge is 2.40. The van der Waals surface area contributed by atoms with Crippen molar-refractivity contribution >= 4 is 58.0 Å². The standard InChI is InChI=1S/C44H45ClN4O8/c45-24-23-34(28-9-15-31(50)16-10-28)42(29-11-17-32(51)18-12-29)30-13-19-33(20-14-30)57-26-25-46-39(52)7-2-1-3-8-40(53)47-37-6-4-5-35-36(37)27-49(44(35)56)38-21-22-41(54)48-43(38)55/h4-6,9-20,38,50-51H,1-3,7-8,21-27H2,(H,46,52)(H,47,53)(H,48,54,55). The van der Waals surface area contributed by atoms with Crippen LogP contribution in [0.5, 0.6) is 17.2 Å².